The summed E-state index contributed by atoms with van der Waals surface area (Å²) in [6, 6.07) is 10.5. The monoisotopic (exact) mass is 291 g/mol. The summed E-state index contributed by atoms with van der Waals surface area (Å²) in [5.74, 6) is 0.741. The van der Waals surface area contributed by atoms with Crippen LogP contribution < -0.4 is 4.74 Å². The lowest BCUT2D eigenvalue weighted by atomic mass is 10.1. The van der Waals surface area contributed by atoms with Crippen molar-refractivity contribution < 1.29 is 9.66 Å². The molecular formula is C15H14ClNO3. The van der Waals surface area contributed by atoms with Crippen molar-refractivity contribution in [2.45, 2.75) is 20.5 Å². The lowest BCUT2D eigenvalue weighted by molar-refractivity contribution is -0.384. The molecule has 0 saturated heterocycles. The first-order chi connectivity index (χ1) is 9.47. The fraction of sp³-hybridized carbons (Fsp3) is 0.200. The first-order valence-electron chi connectivity index (χ1n) is 6.10. The maximum Gasteiger partial charge on any atom is 0.288 e. The fourth-order valence-electron chi connectivity index (χ4n) is 1.76. The minimum atomic E-state index is -0.498. The van der Waals surface area contributed by atoms with Crippen molar-refractivity contribution in [1.29, 1.82) is 0 Å². The smallest absolute Gasteiger partial charge is 0.288 e. The Morgan fingerprint density at radius 2 is 1.90 bits per heavy atom. The third kappa shape index (κ3) is 3.27. The molecule has 0 saturated carbocycles. The lowest BCUT2D eigenvalue weighted by Gasteiger charge is -2.08. The standard InChI is InChI=1S/C15H14ClNO3/c1-10-3-5-13(7-11(10)2)20-9-12-4-6-14(16)15(8-12)17(18)19/h3-8H,9H2,1-2H3. The topological polar surface area (TPSA) is 52.4 Å². The van der Waals surface area contributed by atoms with Crippen LogP contribution in [0.2, 0.25) is 5.02 Å². The molecule has 0 atom stereocenters. The van der Waals surface area contributed by atoms with E-state index in [0.717, 1.165) is 11.3 Å². The number of rotatable bonds is 4. The fourth-order valence-corrected chi connectivity index (χ4v) is 1.94. The summed E-state index contributed by atoms with van der Waals surface area (Å²) in [6.07, 6.45) is 0. The molecule has 104 valence electrons. The van der Waals surface area contributed by atoms with Gasteiger partial charge in [-0.2, -0.15) is 0 Å². The van der Waals surface area contributed by atoms with Gasteiger partial charge in [0.1, 0.15) is 17.4 Å². The van der Waals surface area contributed by atoms with Gasteiger partial charge in [0.15, 0.2) is 0 Å². The summed E-state index contributed by atoms with van der Waals surface area (Å²) >= 11 is 5.76. The van der Waals surface area contributed by atoms with Crippen LogP contribution in [0.4, 0.5) is 5.69 Å². The molecule has 0 aliphatic rings. The number of nitro benzene ring substituents is 1. The van der Waals surface area contributed by atoms with Crippen molar-refractivity contribution in [3.63, 3.8) is 0 Å². The highest BCUT2D eigenvalue weighted by Crippen LogP contribution is 2.26. The van der Waals surface area contributed by atoms with Crippen LogP contribution in [-0.4, -0.2) is 4.92 Å². The average molecular weight is 292 g/mol. The zero-order valence-corrected chi connectivity index (χ0v) is 12.0. The van der Waals surface area contributed by atoms with Gasteiger partial charge in [0, 0.05) is 6.07 Å². The van der Waals surface area contributed by atoms with Crippen LogP contribution in [0.3, 0.4) is 0 Å². The molecule has 0 aliphatic heterocycles. The van der Waals surface area contributed by atoms with E-state index >= 15 is 0 Å². The summed E-state index contributed by atoms with van der Waals surface area (Å²) < 4.78 is 5.64. The van der Waals surface area contributed by atoms with Crippen LogP contribution in [0.15, 0.2) is 36.4 Å². The molecule has 0 spiro atoms. The number of benzene rings is 2. The molecule has 0 fully saturated rings. The number of halogens is 1. The van der Waals surface area contributed by atoms with E-state index in [4.69, 9.17) is 16.3 Å². The quantitative estimate of drug-likeness (QED) is 0.618. The van der Waals surface area contributed by atoms with Gasteiger partial charge in [-0.05, 0) is 48.7 Å². The predicted octanol–water partition coefficient (Wildman–Crippen LogP) is 4.44. The van der Waals surface area contributed by atoms with Crippen LogP contribution in [-0.2, 0) is 6.61 Å². The van der Waals surface area contributed by atoms with Crippen LogP contribution in [0.25, 0.3) is 0 Å². The van der Waals surface area contributed by atoms with Gasteiger partial charge >= 0.3 is 0 Å². The van der Waals surface area contributed by atoms with Crippen molar-refractivity contribution in [1.82, 2.24) is 0 Å². The van der Waals surface area contributed by atoms with Crippen LogP contribution in [0.5, 0.6) is 5.75 Å². The van der Waals surface area contributed by atoms with E-state index in [1.165, 1.54) is 17.7 Å². The van der Waals surface area contributed by atoms with Gasteiger partial charge in [0.25, 0.3) is 5.69 Å². The summed E-state index contributed by atoms with van der Waals surface area (Å²) in [5.41, 5.74) is 2.94. The molecule has 0 bridgehead atoms. The maximum atomic E-state index is 10.8. The summed E-state index contributed by atoms with van der Waals surface area (Å²) in [5, 5.41) is 10.9. The first-order valence-corrected chi connectivity index (χ1v) is 6.48. The molecule has 0 N–H and O–H groups in total. The van der Waals surface area contributed by atoms with E-state index in [0.29, 0.717) is 5.56 Å². The molecule has 0 heterocycles. The van der Waals surface area contributed by atoms with Gasteiger partial charge in [-0.25, -0.2) is 0 Å². The maximum absolute atomic E-state index is 10.8. The minimum absolute atomic E-state index is 0.104. The third-order valence-corrected chi connectivity index (χ3v) is 3.41. The summed E-state index contributed by atoms with van der Waals surface area (Å²) in [4.78, 5) is 10.3. The molecule has 0 radical (unpaired) electrons. The van der Waals surface area contributed by atoms with E-state index < -0.39 is 4.92 Å². The Bertz CT molecular complexity index is 656. The zero-order valence-electron chi connectivity index (χ0n) is 11.2. The van der Waals surface area contributed by atoms with Crippen LogP contribution in [0, 0.1) is 24.0 Å². The highest BCUT2D eigenvalue weighted by molar-refractivity contribution is 6.32. The van der Waals surface area contributed by atoms with Crippen molar-refractivity contribution in [2.75, 3.05) is 0 Å². The van der Waals surface area contributed by atoms with Gasteiger partial charge in [-0.15, -0.1) is 0 Å². The molecule has 2 rings (SSSR count). The largest absolute Gasteiger partial charge is 0.489 e. The number of ether oxygens (including phenoxy) is 1. The van der Waals surface area contributed by atoms with Crippen molar-refractivity contribution in [2.24, 2.45) is 0 Å². The van der Waals surface area contributed by atoms with Crippen molar-refractivity contribution in [3.05, 3.63) is 68.2 Å². The van der Waals surface area contributed by atoms with Gasteiger partial charge in [-0.1, -0.05) is 23.7 Å². The van der Waals surface area contributed by atoms with Gasteiger partial charge in [0.2, 0.25) is 0 Å². The zero-order chi connectivity index (χ0) is 14.7. The Kier molecular flexibility index (Phi) is 4.25. The normalized spacial score (nSPS) is 10.3. The van der Waals surface area contributed by atoms with Crippen molar-refractivity contribution >= 4 is 17.3 Å². The van der Waals surface area contributed by atoms with Crippen LogP contribution in [0.1, 0.15) is 16.7 Å². The van der Waals surface area contributed by atoms with Crippen molar-refractivity contribution in [3.8, 4) is 5.75 Å². The molecule has 2 aromatic rings. The number of nitrogens with zero attached hydrogens (tertiary/aromatic N) is 1. The first kappa shape index (κ1) is 14.3. The van der Waals surface area contributed by atoms with Crippen LogP contribution >= 0.6 is 11.6 Å². The minimum Gasteiger partial charge on any atom is -0.489 e. The molecule has 0 aromatic heterocycles. The van der Waals surface area contributed by atoms with E-state index in [9.17, 15) is 10.1 Å². The highest BCUT2D eigenvalue weighted by atomic mass is 35.5. The predicted molar refractivity (Wildman–Crippen MR) is 78.4 cm³/mol. The number of hydrogen-bond donors (Lipinski definition) is 0. The highest BCUT2D eigenvalue weighted by Gasteiger charge is 2.12. The summed E-state index contributed by atoms with van der Waals surface area (Å²) in [7, 11) is 0. The molecule has 20 heavy (non-hydrogen) atoms. The second kappa shape index (κ2) is 5.92. The Balaban J connectivity index is 2.12. The molecule has 0 amide bonds. The van der Waals surface area contributed by atoms with E-state index in [-0.39, 0.29) is 17.3 Å². The molecule has 5 heteroatoms. The number of aryl methyl sites for hydroxylation is 2. The number of nitro groups is 1. The SMILES string of the molecule is Cc1ccc(OCc2ccc(Cl)c([N+](=O)[O-])c2)cc1C. The van der Waals surface area contributed by atoms with E-state index in [1.54, 1.807) is 6.07 Å². The Morgan fingerprint density at radius 3 is 2.55 bits per heavy atom. The second-order valence-electron chi connectivity index (χ2n) is 4.58. The average Bonchev–Trinajstić information content (AvgIpc) is 2.41. The second-order valence-corrected chi connectivity index (χ2v) is 4.98. The molecule has 4 nitrogen and oxygen atoms in total. The lowest BCUT2D eigenvalue weighted by Crippen LogP contribution is -1.98. The van der Waals surface area contributed by atoms with Gasteiger partial charge < -0.3 is 4.74 Å². The molecule has 2 aromatic carbocycles. The molecule has 0 aliphatic carbocycles. The Morgan fingerprint density at radius 1 is 1.15 bits per heavy atom. The van der Waals surface area contributed by atoms with Gasteiger partial charge in [0.05, 0.1) is 4.92 Å². The number of hydrogen-bond acceptors (Lipinski definition) is 3. The van der Waals surface area contributed by atoms with E-state index in [1.807, 2.05) is 32.0 Å². The third-order valence-electron chi connectivity index (χ3n) is 3.09. The Hall–Kier alpha value is -2.07. The Labute approximate surface area is 122 Å². The van der Waals surface area contributed by atoms with Gasteiger partial charge in [-0.3, -0.25) is 10.1 Å². The van der Waals surface area contributed by atoms with E-state index in [2.05, 4.69) is 0 Å². The summed E-state index contributed by atoms with van der Waals surface area (Å²) in [6.45, 7) is 4.30. The molecular weight excluding hydrogens is 278 g/mol. The molecule has 0 unspecified atom stereocenters.